The van der Waals surface area contributed by atoms with Crippen molar-refractivity contribution in [1.82, 2.24) is 10.4 Å². The summed E-state index contributed by atoms with van der Waals surface area (Å²) in [6, 6.07) is 0.126. The summed E-state index contributed by atoms with van der Waals surface area (Å²) in [5.74, 6) is 5.39. The van der Waals surface area contributed by atoms with E-state index in [-0.39, 0.29) is 6.04 Å². The van der Waals surface area contributed by atoms with Crippen molar-refractivity contribution in [2.45, 2.75) is 26.3 Å². The van der Waals surface area contributed by atoms with E-state index >= 15 is 0 Å². The summed E-state index contributed by atoms with van der Waals surface area (Å²) < 4.78 is 0. The normalized spacial score (nSPS) is 12.8. The molecule has 0 amide bonds. The van der Waals surface area contributed by atoms with Gasteiger partial charge in [0.2, 0.25) is 0 Å². The average Bonchev–Trinajstić information content (AvgIpc) is 2.46. The van der Waals surface area contributed by atoms with Gasteiger partial charge in [0, 0.05) is 17.8 Å². The molecule has 13 heavy (non-hydrogen) atoms. The minimum atomic E-state index is 0.126. The Balaban J connectivity index is 2.61. The topological polar surface area (TPSA) is 50.9 Å². The van der Waals surface area contributed by atoms with E-state index in [1.54, 1.807) is 11.3 Å². The van der Waals surface area contributed by atoms with E-state index in [1.165, 1.54) is 0 Å². The number of aryl methyl sites for hydroxylation is 1. The van der Waals surface area contributed by atoms with Gasteiger partial charge in [-0.1, -0.05) is 12.2 Å². The number of nitrogens with one attached hydrogen (secondary N) is 1. The lowest BCUT2D eigenvalue weighted by atomic mass is 10.1. The highest BCUT2D eigenvalue weighted by Gasteiger charge is 2.09. The van der Waals surface area contributed by atoms with Crippen molar-refractivity contribution in [2.75, 3.05) is 0 Å². The van der Waals surface area contributed by atoms with Crippen molar-refractivity contribution in [1.29, 1.82) is 0 Å². The van der Waals surface area contributed by atoms with Gasteiger partial charge in [0.15, 0.2) is 0 Å². The Labute approximate surface area is 82.7 Å². The van der Waals surface area contributed by atoms with Gasteiger partial charge in [0.25, 0.3) is 0 Å². The van der Waals surface area contributed by atoms with Gasteiger partial charge in [-0.25, -0.2) is 4.98 Å². The van der Waals surface area contributed by atoms with E-state index in [9.17, 15) is 0 Å². The molecule has 0 aliphatic carbocycles. The summed E-state index contributed by atoms with van der Waals surface area (Å²) in [5, 5.41) is 3.15. The molecule has 0 fully saturated rings. The smallest absolute Gasteiger partial charge is 0.0897 e. The molecule has 0 saturated heterocycles. The van der Waals surface area contributed by atoms with Crippen LogP contribution in [0.4, 0.5) is 0 Å². The number of nitrogens with two attached hydrogens (primary N) is 1. The second-order valence-electron chi connectivity index (χ2n) is 3.13. The van der Waals surface area contributed by atoms with Crippen molar-refractivity contribution in [3.8, 4) is 0 Å². The van der Waals surface area contributed by atoms with Crippen LogP contribution in [0, 0.1) is 6.92 Å². The zero-order valence-electron chi connectivity index (χ0n) is 8.00. The minimum absolute atomic E-state index is 0.126. The first-order valence-electron chi connectivity index (χ1n) is 4.16. The molecule has 1 atom stereocenters. The van der Waals surface area contributed by atoms with Crippen LogP contribution in [0.15, 0.2) is 17.5 Å². The maximum atomic E-state index is 5.39. The van der Waals surface area contributed by atoms with Crippen LogP contribution in [0.5, 0.6) is 0 Å². The molecule has 0 spiro atoms. The lowest BCUT2D eigenvalue weighted by molar-refractivity contribution is 0.585. The number of nitrogens with zero attached hydrogens (tertiary/aromatic N) is 1. The van der Waals surface area contributed by atoms with E-state index in [0.717, 1.165) is 22.7 Å². The lowest BCUT2D eigenvalue weighted by Crippen LogP contribution is -2.37. The number of thiazole rings is 1. The predicted octanol–water partition coefficient (Wildman–Crippen LogP) is 1.40. The van der Waals surface area contributed by atoms with Gasteiger partial charge >= 0.3 is 0 Å². The molecule has 0 aliphatic rings. The molecule has 0 aliphatic heterocycles. The molecule has 3 N–H and O–H groups in total. The Morgan fingerprint density at radius 1 is 1.85 bits per heavy atom. The van der Waals surface area contributed by atoms with Gasteiger partial charge in [-0.05, 0) is 13.8 Å². The van der Waals surface area contributed by atoms with E-state index in [4.69, 9.17) is 5.84 Å². The number of hydrogen-bond donors (Lipinski definition) is 2. The monoisotopic (exact) mass is 197 g/mol. The summed E-state index contributed by atoms with van der Waals surface area (Å²) in [7, 11) is 0. The van der Waals surface area contributed by atoms with E-state index in [2.05, 4.69) is 22.4 Å². The molecular formula is C9H15N3S. The third-order valence-corrected chi connectivity index (χ3v) is 2.70. The lowest BCUT2D eigenvalue weighted by Gasteiger charge is -2.13. The number of hydrazine groups is 1. The molecule has 4 heteroatoms. The zero-order valence-corrected chi connectivity index (χ0v) is 8.82. The van der Waals surface area contributed by atoms with Gasteiger partial charge in [0.1, 0.15) is 0 Å². The summed E-state index contributed by atoms with van der Waals surface area (Å²) in [4.78, 5) is 4.36. The largest absolute Gasteiger partial charge is 0.271 e. The number of hydrogen-bond acceptors (Lipinski definition) is 4. The molecule has 0 aromatic carbocycles. The maximum Gasteiger partial charge on any atom is 0.0897 e. The standard InChI is InChI=1S/C9H15N3S/c1-6(2)9(12-10)4-8-5-13-7(3)11-8/h5,9,12H,1,4,10H2,2-3H3. The van der Waals surface area contributed by atoms with Crippen LogP contribution < -0.4 is 11.3 Å². The van der Waals surface area contributed by atoms with Gasteiger partial charge in [-0.2, -0.15) is 0 Å². The van der Waals surface area contributed by atoms with Crippen LogP contribution in [-0.2, 0) is 6.42 Å². The minimum Gasteiger partial charge on any atom is -0.271 e. The summed E-state index contributed by atoms with van der Waals surface area (Å²) in [6.07, 6.45) is 0.816. The van der Waals surface area contributed by atoms with E-state index in [1.807, 2.05) is 13.8 Å². The Kier molecular flexibility index (Phi) is 3.59. The molecule has 1 rings (SSSR count). The second kappa shape index (κ2) is 4.50. The summed E-state index contributed by atoms with van der Waals surface area (Å²) in [6.45, 7) is 7.82. The third-order valence-electron chi connectivity index (χ3n) is 1.88. The summed E-state index contributed by atoms with van der Waals surface area (Å²) in [5.41, 5.74) is 4.84. The van der Waals surface area contributed by atoms with Crippen molar-refractivity contribution in [3.63, 3.8) is 0 Å². The molecule has 1 aromatic rings. The quantitative estimate of drug-likeness (QED) is 0.436. The van der Waals surface area contributed by atoms with Gasteiger partial charge < -0.3 is 0 Å². The molecule has 3 nitrogen and oxygen atoms in total. The van der Waals surface area contributed by atoms with Crippen LogP contribution >= 0.6 is 11.3 Å². The predicted molar refractivity (Wildman–Crippen MR) is 56.5 cm³/mol. The van der Waals surface area contributed by atoms with Crippen molar-refractivity contribution >= 4 is 11.3 Å². The van der Waals surface area contributed by atoms with E-state index < -0.39 is 0 Å². The van der Waals surface area contributed by atoms with Crippen LogP contribution in [0.3, 0.4) is 0 Å². The SMILES string of the molecule is C=C(C)C(Cc1csc(C)n1)NN. The molecule has 0 bridgehead atoms. The van der Waals surface area contributed by atoms with Crippen LogP contribution in [0.25, 0.3) is 0 Å². The average molecular weight is 197 g/mol. The molecule has 1 aromatic heterocycles. The second-order valence-corrected chi connectivity index (χ2v) is 4.19. The van der Waals surface area contributed by atoms with Crippen LogP contribution in [0.2, 0.25) is 0 Å². The Hall–Kier alpha value is -0.710. The first-order valence-corrected chi connectivity index (χ1v) is 5.04. The van der Waals surface area contributed by atoms with Crippen molar-refractivity contribution in [3.05, 3.63) is 28.2 Å². The third kappa shape index (κ3) is 2.91. The molecule has 0 radical (unpaired) electrons. The van der Waals surface area contributed by atoms with Crippen LogP contribution in [0.1, 0.15) is 17.6 Å². The first-order chi connectivity index (χ1) is 6.13. The van der Waals surface area contributed by atoms with Crippen LogP contribution in [-0.4, -0.2) is 11.0 Å². The first kappa shape index (κ1) is 10.4. The molecule has 72 valence electrons. The fraction of sp³-hybridized carbons (Fsp3) is 0.444. The van der Waals surface area contributed by atoms with E-state index in [0.29, 0.717) is 0 Å². The van der Waals surface area contributed by atoms with Crippen molar-refractivity contribution in [2.24, 2.45) is 5.84 Å². The highest BCUT2D eigenvalue weighted by Crippen LogP contribution is 2.11. The Morgan fingerprint density at radius 3 is 2.92 bits per heavy atom. The van der Waals surface area contributed by atoms with Gasteiger partial charge in [-0.15, -0.1) is 11.3 Å². The number of aromatic nitrogens is 1. The molecular weight excluding hydrogens is 182 g/mol. The fourth-order valence-electron chi connectivity index (χ4n) is 1.09. The molecule has 1 unspecified atom stereocenters. The molecule has 1 heterocycles. The zero-order chi connectivity index (χ0) is 9.84. The highest BCUT2D eigenvalue weighted by molar-refractivity contribution is 7.09. The summed E-state index contributed by atoms with van der Waals surface area (Å²) >= 11 is 1.66. The highest BCUT2D eigenvalue weighted by atomic mass is 32.1. The Bertz CT molecular complexity index is 293. The molecule has 0 saturated carbocycles. The number of rotatable bonds is 4. The maximum absolute atomic E-state index is 5.39. The van der Waals surface area contributed by atoms with Gasteiger partial charge in [0.05, 0.1) is 10.7 Å². The Morgan fingerprint density at radius 2 is 2.54 bits per heavy atom. The van der Waals surface area contributed by atoms with Crippen molar-refractivity contribution < 1.29 is 0 Å². The van der Waals surface area contributed by atoms with Gasteiger partial charge in [-0.3, -0.25) is 11.3 Å². The fourth-order valence-corrected chi connectivity index (χ4v) is 1.71.